The zero-order valence-corrected chi connectivity index (χ0v) is 15.1. The minimum atomic E-state index is -3.72. The van der Waals surface area contributed by atoms with Gasteiger partial charge in [-0.2, -0.15) is 0 Å². The molecule has 0 aliphatic rings. The van der Waals surface area contributed by atoms with Crippen molar-refractivity contribution in [3.8, 4) is 0 Å². The predicted molar refractivity (Wildman–Crippen MR) is 94.2 cm³/mol. The molecular formula is C18H22N2O3S. The molecule has 0 bridgehead atoms. The average molecular weight is 346 g/mol. The van der Waals surface area contributed by atoms with E-state index in [0.717, 1.165) is 16.7 Å². The maximum absolute atomic E-state index is 12.8. The van der Waals surface area contributed by atoms with Crippen LogP contribution in [0.3, 0.4) is 0 Å². The van der Waals surface area contributed by atoms with E-state index in [9.17, 15) is 13.2 Å². The molecular weight excluding hydrogens is 324 g/mol. The summed E-state index contributed by atoms with van der Waals surface area (Å²) in [7, 11) is -1.98. The molecule has 0 heterocycles. The lowest BCUT2D eigenvalue weighted by Crippen LogP contribution is -2.30. The van der Waals surface area contributed by atoms with E-state index in [1.807, 2.05) is 39.0 Å². The SMILES string of the molecule is Cc1cccc(C(=O)N(C)C(C)c2ccc(S(N)(=O)=O)cc2)c1C. The van der Waals surface area contributed by atoms with Gasteiger partial charge in [-0.15, -0.1) is 0 Å². The van der Waals surface area contributed by atoms with Crippen LogP contribution >= 0.6 is 0 Å². The van der Waals surface area contributed by atoms with Gasteiger partial charge in [0.1, 0.15) is 0 Å². The van der Waals surface area contributed by atoms with Gasteiger partial charge in [-0.25, -0.2) is 13.6 Å². The van der Waals surface area contributed by atoms with Crippen molar-refractivity contribution in [2.45, 2.75) is 31.7 Å². The summed E-state index contributed by atoms with van der Waals surface area (Å²) in [5.41, 5.74) is 3.54. The molecule has 0 fully saturated rings. The van der Waals surface area contributed by atoms with Gasteiger partial charge in [0, 0.05) is 12.6 Å². The van der Waals surface area contributed by atoms with Gasteiger partial charge in [0.25, 0.3) is 5.91 Å². The molecule has 0 aliphatic heterocycles. The first kappa shape index (κ1) is 18.2. The standard InChI is InChI=1S/C18H22N2O3S/c1-12-6-5-7-17(13(12)2)18(21)20(4)14(3)15-8-10-16(11-9-15)24(19,22)23/h5-11,14H,1-4H3,(H2,19,22,23). The molecule has 1 amide bonds. The fraction of sp³-hybridized carbons (Fsp3) is 0.278. The second-order valence-electron chi connectivity index (χ2n) is 5.95. The molecule has 128 valence electrons. The van der Waals surface area contributed by atoms with Crippen LogP contribution in [0.5, 0.6) is 0 Å². The Morgan fingerprint density at radius 2 is 1.67 bits per heavy atom. The first-order valence-corrected chi connectivity index (χ1v) is 9.13. The third-order valence-electron chi connectivity index (χ3n) is 4.43. The Morgan fingerprint density at radius 1 is 1.08 bits per heavy atom. The Morgan fingerprint density at radius 3 is 2.21 bits per heavy atom. The number of carbonyl (C=O) groups excluding carboxylic acids is 1. The van der Waals surface area contributed by atoms with Gasteiger partial charge in [0.05, 0.1) is 10.9 Å². The number of carbonyl (C=O) groups is 1. The highest BCUT2D eigenvalue weighted by Gasteiger charge is 2.21. The van der Waals surface area contributed by atoms with Crippen molar-refractivity contribution in [3.05, 3.63) is 64.7 Å². The zero-order valence-electron chi connectivity index (χ0n) is 14.3. The van der Waals surface area contributed by atoms with Crippen LogP contribution in [0.15, 0.2) is 47.4 Å². The quantitative estimate of drug-likeness (QED) is 0.924. The van der Waals surface area contributed by atoms with Gasteiger partial charge in [-0.3, -0.25) is 4.79 Å². The molecule has 0 radical (unpaired) electrons. The van der Waals surface area contributed by atoms with Crippen molar-refractivity contribution in [2.75, 3.05) is 7.05 Å². The summed E-state index contributed by atoms with van der Waals surface area (Å²) in [6.45, 7) is 5.80. The minimum Gasteiger partial charge on any atom is -0.335 e. The van der Waals surface area contributed by atoms with Crippen LogP contribution in [0.25, 0.3) is 0 Å². The number of hydrogen-bond donors (Lipinski definition) is 1. The Kier molecular flexibility index (Phi) is 5.11. The van der Waals surface area contributed by atoms with E-state index in [2.05, 4.69) is 0 Å². The number of rotatable bonds is 4. The molecule has 2 aromatic rings. The second-order valence-corrected chi connectivity index (χ2v) is 7.51. The van der Waals surface area contributed by atoms with Crippen molar-refractivity contribution in [1.82, 2.24) is 4.90 Å². The molecule has 24 heavy (non-hydrogen) atoms. The zero-order chi connectivity index (χ0) is 18.1. The molecule has 5 nitrogen and oxygen atoms in total. The summed E-state index contributed by atoms with van der Waals surface area (Å²) in [5.74, 6) is -0.0702. The van der Waals surface area contributed by atoms with Gasteiger partial charge >= 0.3 is 0 Å². The lowest BCUT2D eigenvalue weighted by Gasteiger charge is -2.26. The van der Waals surface area contributed by atoms with Crippen molar-refractivity contribution < 1.29 is 13.2 Å². The fourth-order valence-corrected chi connectivity index (χ4v) is 3.02. The maximum atomic E-state index is 12.8. The van der Waals surface area contributed by atoms with E-state index < -0.39 is 10.0 Å². The summed E-state index contributed by atoms with van der Waals surface area (Å²) in [6, 6.07) is 11.7. The van der Waals surface area contributed by atoms with Gasteiger partial charge < -0.3 is 4.90 Å². The largest absolute Gasteiger partial charge is 0.335 e. The monoisotopic (exact) mass is 346 g/mol. The summed E-state index contributed by atoms with van der Waals surface area (Å²) in [6.07, 6.45) is 0. The highest BCUT2D eigenvalue weighted by atomic mass is 32.2. The van der Waals surface area contributed by atoms with Crippen LogP contribution in [-0.4, -0.2) is 26.3 Å². The van der Waals surface area contributed by atoms with E-state index >= 15 is 0 Å². The highest BCUT2D eigenvalue weighted by molar-refractivity contribution is 7.89. The van der Waals surface area contributed by atoms with Crippen LogP contribution in [-0.2, 0) is 10.0 Å². The first-order chi connectivity index (χ1) is 11.1. The van der Waals surface area contributed by atoms with Crippen LogP contribution < -0.4 is 5.14 Å². The van der Waals surface area contributed by atoms with E-state index in [1.165, 1.54) is 12.1 Å². The summed E-state index contributed by atoms with van der Waals surface area (Å²) in [5, 5.41) is 5.11. The lowest BCUT2D eigenvalue weighted by molar-refractivity contribution is 0.0741. The molecule has 6 heteroatoms. The summed E-state index contributed by atoms with van der Waals surface area (Å²) < 4.78 is 22.6. The normalized spacial score (nSPS) is 12.7. The van der Waals surface area contributed by atoms with Crippen molar-refractivity contribution in [3.63, 3.8) is 0 Å². The number of primary sulfonamides is 1. The minimum absolute atomic E-state index is 0.0574. The number of sulfonamides is 1. The van der Waals surface area contributed by atoms with E-state index in [1.54, 1.807) is 24.1 Å². The molecule has 1 unspecified atom stereocenters. The first-order valence-electron chi connectivity index (χ1n) is 7.59. The van der Waals surface area contributed by atoms with Crippen LogP contribution in [0, 0.1) is 13.8 Å². The molecule has 0 saturated heterocycles. The average Bonchev–Trinajstić information content (AvgIpc) is 2.54. The number of aryl methyl sites for hydroxylation is 1. The van der Waals surface area contributed by atoms with Crippen molar-refractivity contribution >= 4 is 15.9 Å². The summed E-state index contributed by atoms with van der Waals surface area (Å²) in [4.78, 5) is 14.5. The van der Waals surface area contributed by atoms with Gasteiger partial charge in [0.15, 0.2) is 0 Å². The maximum Gasteiger partial charge on any atom is 0.254 e. The molecule has 0 aliphatic carbocycles. The van der Waals surface area contributed by atoms with Gasteiger partial charge in [0.2, 0.25) is 10.0 Å². The number of hydrogen-bond acceptors (Lipinski definition) is 3. The van der Waals surface area contributed by atoms with Gasteiger partial charge in [-0.1, -0.05) is 24.3 Å². The Labute approximate surface area is 143 Å². The lowest BCUT2D eigenvalue weighted by atomic mass is 10.0. The Bertz CT molecular complexity index is 858. The van der Waals surface area contributed by atoms with E-state index in [0.29, 0.717) is 5.56 Å². The third kappa shape index (κ3) is 3.66. The van der Waals surface area contributed by atoms with Crippen LogP contribution in [0.4, 0.5) is 0 Å². The van der Waals surface area contributed by atoms with E-state index in [4.69, 9.17) is 5.14 Å². The van der Waals surface area contributed by atoms with Crippen LogP contribution in [0.2, 0.25) is 0 Å². The topological polar surface area (TPSA) is 80.5 Å². The fourth-order valence-electron chi connectivity index (χ4n) is 2.51. The molecule has 0 spiro atoms. The number of benzene rings is 2. The van der Waals surface area contributed by atoms with Crippen molar-refractivity contribution in [1.29, 1.82) is 0 Å². The van der Waals surface area contributed by atoms with Gasteiger partial charge in [-0.05, 0) is 55.7 Å². The smallest absolute Gasteiger partial charge is 0.254 e. The second kappa shape index (κ2) is 6.75. The van der Waals surface area contributed by atoms with Crippen molar-refractivity contribution in [2.24, 2.45) is 5.14 Å². The van der Waals surface area contributed by atoms with E-state index in [-0.39, 0.29) is 16.8 Å². The molecule has 2 rings (SSSR count). The number of amides is 1. The molecule has 2 N–H and O–H groups in total. The molecule has 0 saturated carbocycles. The number of nitrogens with two attached hydrogens (primary N) is 1. The highest BCUT2D eigenvalue weighted by Crippen LogP contribution is 2.23. The Balaban J connectivity index is 2.27. The molecule has 2 aromatic carbocycles. The Hall–Kier alpha value is -2.18. The third-order valence-corrected chi connectivity index (χ3v) is 5.36. The molecule has 1 atom stereocenters. The predicted octanol–water partition coefficient (Wildman–Crippen LogP) is 2.78. The van der Waals surface area contributed by atoms with Crippen LogP contribution in [0.1, 0.15) is 40.0 Å². The summed E-state index contributed by atoms with van der Waals surface area (Å²) >= 11 is 0. The molecule has 0 aromatic heterocycles. The number of nitrogens with zero attached hydrogens (tertiary/aromatic N) is 1.